The second-order valence-corrected chi connectivity index (χ2v) is 4.67. The normalized spacial score (nSPS) is 27.6. The standard InChI is InChI=1S/C11H15BrN2/c12-10-4-2-1-3-9(10)11-7-8(13)5-6-14-11/h1-4,8,11,14H,5-7,13H2. The van der Waals surface area contributed by atoms with Crippen LogP contribution in [0.25, 0.3) is 0 Å². The Hall–Kier alpha value is -0.380. The van der Waals surface area contributed by atoms with E-state index in [1.54, 1.807) is 0 Å². The Morgan fingerprint density at radius 3 is 2.86 bits per heavy atom. The van der Waals surface area contributed by atoms with Crippen LogP contribution in [0.5, 0.6) is 0 Å². The molecule has 0 amide bonds. The van der Waals surface area contributed by atoms with Gasteiger partial charge in [-0.1, -0.05) is 34.1 Å². The van der Waals surface area contributed by atoms with Gasteiger partial charge in [0.05, 0.1) is 0 Å². The molecule has 0 bridgehead atoms. The number of rotatable bonds is 1. The molecule has 0 aliphatic carbocycles. The van der Waals surface area contributed by atoms with Gasteiger partial charge in [-0.05, 0) is 31.0 Å². The molecule has 2 atom stereocenters. The average Bonchev–Trinajstić information content (AvgIpc) is 2.18. The van der Waals surface area contributed by atoms with Crippen LogP contribution in [0.4, 0.5) is 0 Å². The van der Waals surface area contributed by atoms with Gasteiger partial charge in [0.1, 0.15) is 0 Å². The van der Waals surface area contributed by atoms with Crippen molar-refractivity contribution in [3.8, 4) is 0 Å². The van der Waals surface area contributed by atoms with Gasteiger partial charge < -0.3 is 11.1 Å². The van der Waals surface area contributed by atoms with E-state index in [1.807, 2.05) is 6.07 Å². The van der Waals surface area contributed by atoms with Crippen molar-refractivity contribution in [2.45, 2.75) is 24.9 Å². The first-order chi connectivity index (χ1) is 6.77. The highest BCUT2D eigenvalue weighted by molar-refractivity contribution is 9.10. The first-order valence-corrected chi connectivity index (χ1v) is 5.80. The molecule has 14 heavy (non-hydrogen) atoms. The molecule has 0 radical (unpaired) electrons. The molecule has 1 fully saturated rings. The molecular weight excluding hydrogens is 240 g/mol. The average molecular weight is 255 g/mol. The number of halogens is 1. The zero-order valence-electron chi connectivity index (χ0n) is 8.04. The minimum atomic E-state index is 0.341. The number of hydrogen-bond donors (Lipinski definition) is 2. The molecule has 1 heterocycles. The van der Waals surface area contributed by atoms with Gasteiger partial charge in [-0.25, -0.2) is 0 Å². The molecule has 1 aliphatic rings. The van der Waals surface area contributed by atoms with Crippen LogP contribution in [0.1, 0.15) is 24.4 Å². The minimum Gasteiger partial charge on any atom is -0.328 e. The summed E-state index contributed by atoms with van der Waals surface area (Å²) in [5, 5.41) is 3.50. The summed E-state index contributed by atoms with van der Waals surface area (Å²) in [6, 6.07) is 9.09. The maximum absolute atomic E-state index is 5.96. The number of hydrogen-bond acceptors (Lipinski definition) is 2. The lowest BCUT2D eigenvalue weighted by atomic mass is 9.94. The molecule has 3 N–H and O–H groups in total. The summed E-state index contributed by atoms with van der Waals surface area (Å²) in [5.74, 6) is 0. The largest absolute Gasteiger partial charge is 0.328 e. The van der Waals surface area contributed by atoms with E-state index < -0.39 is 0 Å². The third-order valence-corrected chi connectivity index (χ3v) is 3.45. The molecule has 3 heteroatoms. The fourth-order valence-corrected chi connectivity index (χ4v) is 2.50. The molecule has 0 aromatic heterocycles. The Labute approximate surface area is 93.0 Å². The van der Waals surface area contributed by atoms with Crippen LogP contribution >= 0.6 is 15.9 Å². The Morgan fingerprint density at radius 1 is 1.36 bits per heavy atom. The fourth-order valence-electron chi connectivity index (χ4n) is 1.94. The minimum absolute atomic E-state index is 0.341. The van der Waals surface area contributed by atoms with Crippen LogP contribution in [-0.2, 0) is 0 Å². The molecule has 1 saturated heterocycles. The van der Waals surface area contributed by atoms with Gasteiger partial charge in [0.25, 0.3) is 0 Å². The molecule has 0 spiro atoms. The van der Waals surface area contributed by atoms with Crippen molar-refractivity contribution < 1.29 is 0 Å². The van der Waals surface area contributed by atoms with Crippen LogP contribution in [0.15, 0.2) is 28.7 Å². The molecule has 2 nitrogen and oxygen atoms in total. The van der Waals surface area contributed by atoms with E-state index in [4.69, 9.17) is 5.73 Å². The van der Waals surface area contributed by atoms with Gasteiger partial charge in [0.15, 0.2) is 0 Å². The topological polar surface area (TPSA) is 38.0 Å². The fraction of sp³-hybridized carbons (Fsp3) is 0.455. The molecule has 1 aliphatic heterocycles. The van der Waals surface area contributed by atoms with Gasteiger partial charge in [-0.15, -0.1) is 0 Å². The lowest BCUT2D eigenvalue weighted by Gasteiger charge is -2.29. The van der Waals surface area contributed by atoms with Crippen LogP contribution in [-0.4, -0.2) is 12.6 Å². The molecule has 2 rings (SSSR count). The summed E-state index contributed by atoms with van der Waals surface area (Å²) in [6.07, 6.45) is 2.11. The zero-order chi connectivity index (χ0) is 9.97. The van der Waals surface area contributed by atoms with Crippen molar-refractivity contribution in [3.05, 3.63) is 34.3 Å². The lowest BCUT2D eigenvalue weighted by molar-refractivity contribution is 0.369. The van der Waals surface area contributed by atoms with Crippen LogP contribution in [0.2, 0.25) is 0 Å². The molecule has 1 aromatic rings. The smallest absolute Gasteiger partial charge is 0.0346 e. The first-order valence-electron chi connectivity index (χ1n) is 5.01. The van der Waals surface area contributed by atoms with Crippen LogP contribution < -0.4 is 11.1 Å². The summed E-state index contributed by atoms with van der Waals surface area (Å²) < 4.78 is 1.17. The van der Waals surface area contributed by atoms with Crippen molar-refractivity contribution in [1.29, 1.82) is 0 Å². The van der Waals surface area contributed by atoms with Crippen molar-refractivity contribution in [1.82, 2.24) is 5.32 Å². The lowest BCUT2D eigenvalue weighted by Crippen LogP contribution is -2.38. The second kappa shape index (κ2) is 4.43. The Balaban J connectivity index is 2.18. The van der Waals surface area contributed by atoms with E-state index >= 15 is 0 Å². The number of nitrogens with one attached hydrogen (secondary N) is 1. The Kier molecular flexibility index (Phi) is 3.21. The van der Waals surface area contributed by atoms with E-state index in [0.29, 0.717) is 12.1 Å². The summed E-state index contributed by atoms with van der Waals surface area (Å²) >= 11 is 3.57. The first kappa shape index (κ1) is 10.1. The molecule has 0 saturated carbocycles. The zero-order valence-corrected chi connectivity index (χ0v) is 9.63. The van der Waals surface area contributed by atoms with E-state index in [1.165, 1.54) is 10.0 Å². The molecule has 2 unspecified atom stereocenters. The highest BCUT2D eigenvalue weighted by Crippen LogP contribution is 2.28. The van der Waals surface area contributed by atoms with E-state index in [9.17, 15) is 0 Å². The molecule has 1 aromatic carbocycles. The highest BCUT2D eigenvalue weighted by atomic mass is 79.9. The van der Waals surface area contributed by atoms with Gasteiger partial charge in [-0.2, -0.15) is 0 Å². The maximum atomic E-state index is 5.96. The van der Waals surface area contributed by atoms with Crippen molar-refractivity contribution in [3.63, 3.8) is 0 Å². The van der Waals surface area contributed by atoms with Gasteiger partial charge in [0, 0.05) is 16.6 Å². The summed E-state index contributed by atoms with van der Waals surface area (Å²) in [7, 11) is 0. The summed E-state index contributed by atoms with van der Waals surface area (Å²) in [5.41, 5.74) is 7.28. The summed E-state index contributed by atoms with van der Waals surface area (Å²) in [4.78, 5) is 0. The van der Waals surface area contributed by atoms with E-state index in [0.717, 1.165) is 19.4 Å². The highest BCUT2D eigenvalue weighted by Gasteiger charge is 2.21. The predicted molar refractivity (Wildman–Crippen MR) is 62.1 cm³/mol. The maximum Gasteiger partial charge on any atom is 0.0346 e. The van der Waals surface area contributed by atoms with Crippen molar-refractivity contribution >= 4 is 15.9 Å². The SMILES string of the molecule is NC1CCNC(c2ccccc2Br)C1. The quantitative estimate of drug-likeness (QED) is 0.807. The number of piperidine rings is 1. The second-order valence-electron chi connectivity index (χ2n) is 3.81. The molecular formula is C11H15BrN2. The van der Waals surface area contributed by atoms with Crippen LogP contribution in [0, 0.1) is 0 Å². The van der Waals surface area contributed by atoms with Crippen molar-refractivity contribution in [2.75, 3.05) is 6.54 Å². The number of nitrogens with two attached hydrogens (primary N) is 1. The van der Waals surface area contributed by atoms with E-state index in [2.05, 4.69) is 39.4 Å². The monoisotopic (exact) mass is 254 g/mol. The predicted octanol–water partition coefficient (Wildman–Crippen LogP) is 2.20. The summed E-state index contributed by atoms with van der Waals surface area (Å²) in [6.45, 7) is 1.02. The third-order valence-electron chi connectivity index (χ3n) is 2.72. The van der Waals surface area contributed by atoms with Gasteiger partial charge in [-0.3, -0.25) is 0 Å². The third kappa shape index (κ3) is 2.16. The molecule has 76 valence electrons. The van der Waals surface area contributed by atoms with Gasteiger partial charge >= 0.3 is 0 Å². The van der Waals surface area contributed by atoms with Crippen LogP contribution in [0.3, 0.4) is 0 Å². The van der Waals surface area contributed by atoms with Crippen molar-refractivity contribution in [2.24, 2.45) is 5.73 Å². The Bertz CT molecular complexity index is 314. The number of benzene rings is 1. The van der Waals surface area contributed by atoms with Gasteiger partial charge in [0.2, 0.25) is 0 Å². The Morgan fingerprint density at radius 2 is 2.14 bits per heavy atom. The van der Waals surface area contributed by atoms with E-state index in [-0.39, 0.29) is 0 Å².